The normalized spacial score (nSPS) is 10.1. The van der Waals surface area contributed by atoms with E-state index in [-0.39, 0.29) is 25.4 Å². The highest BCUT2D eigenvalue weighted by Gasteiger charge is 2.10. The second kappa shape index (κ2) is 11.1. The summed E-state index contributed by atoms with van der Waals surface area (Å²) in [5.41, 5.74) is 1.23. The third kappa shape index (κ3) is 7.79. The molecule has 0 bridgehead atoms. The summed E-state index contributed by atoms with van der Waals surface area (Å²) in [5.74, 6) is -0.561. The number of rotatable bonds is 9. The number of ether oxygens (including phenoxy) is 2. The van der Waals surface area contributed by atoms with Crippen LogP contribution in [0.1, 0.15) is 19.3 Å². The molecule has 0 aliphatic heterocycles. The molecular formula is C20H21BrN2O5. The van der Waals surface area contributed by atoms with Crippen LogP contribution in [0, 0.1) is 0 Å². The molecule has 2 aromatic carbocycles. The number of benzene rings is 2. The molecule has 28 heavy (non-hydrogen) atoms. The van der Waals surface area contributed by atoms with Crippen molar-refractivity contribution in [3.05, 3.63) is 53.0 Å². The van der Waals surface area contributed by atoms with Crippen molar-refractivity contribution in [3.8, 4) is 5.75 Å². The minimum atomic E-state index is -0.530. The average Bonchev–Trinajstić information content (AvgIpc) is 2.68. The molecule has 0 aliphatic rings. The van der Waals surface area contributed by atoms with Crippen molar-refractivity contribution in [1.29, 1.82) is 0 Å². The number of esters is 1. The van der Waals surface area contributed by atoms with Crippen molar-refractivity contribution in [2.75, 3.05) is 24.4 Å². The zero-order chi connectivity index (χ0) is 20.4. The number of carbonyl (C=O) groups is 3. The third-order valence-electron chi connectivity index (χ3n) is 3.63. The molecule has 0 fully saturated rings. The molecule has 7 nitrogen and oxygen atoms in total. The van der Waals surface area contributed by atoms with Gasteiger partial charge in [0.1, 0.15) is 5.75 Å². The molecule has 0 heterocycles. The van der Waals surface area contributed by atoms with Crippen molar-refractivity contribution in [3.63, 3.8) is 0 Å². The maximum atomic E-state index is 11.9. The first kappa shape index (κ1) is 21.4. The van der Waals surface area contributed by atoms with Crippen LogP contribution in [-0.2, 0) is 19.1 Å². The molecule has 8 heteroatoms. The molecule has 2 amide bonds. The predicted octanol–water partition coefficient (Wildman–Crippen LogP) is 3.75. The summed E-state index contributed by atoms with van der Waals surface area (Å²) >= 11 is 3.32. The fourth-order valence-corrected chi connectivity index (χ4v) is 2.53. The lowest BCUT2D eigenvalue weighted by molar-refractivity contribution is -0.147. The Hall–Kier alpha value is -2.87. The van der Waals surface area contributed by atoms with Gasteiger partial charge in [-0.1, -0.05) is 22.0 Å². The van der Waals surface area contributed by atoms with Gasteiger partial charge >= 0.3 is 5.97 Å². The Balaban J connectivity index is 1.63. The SMILES string of the molecule is COc1cccc(NC(=O)COC(=O)CCCC(=O)Nc2ccc(Br)cc2)c1. The van der Waals surface area contributed by atoms with E-state index in [2.05, 4.69) is 26.6 Å². The molecule has 2 aromatic rings. The van der Waals surface area contributed by atoms with Gasteiger partial charge in [0.2, 0.25) is 5.91 Å². The second-order valence-corrected chi connectivity index (χ2v) is 6.77. The molecule has 0 aliphatic carbocycles. The van der Waals surface area contributed by atoms with Crippen LogP contribution >= 0.6 is 15.9 Å². The Morgan fingerprint density at radius 1 is 0.929 bits per heavy atom. The van der Waals surface area contributed by atoms with E-state index < -0.39 is 11.9 Å². The molecule has 0 aromatic heterocycles. The van der Waals surface area contributed by atoms with Gasteiger partial charge in [-0.15, -0.1) is 0 Å². The highest BCUT2D eigenvalue weighted by atomic mass is 79.9. The maximum Gasteiger partial charge on any atom is 0.306 e. The topological polar surface area (TPSA) is 93.7 Å². The van der Waals surface area contributed by atoms with Crippen LogP contribution in [0.15, 0.2) is 53.0 Å². The monoisotopic (exact) mass is 448 g/mol. The smallest absolute Gasteiger partial charge is 0.306 e. The molecule has 0 radical (unpaired) electrons. The molecular weight excluding hydrogens is 428 g/mol. The second-order valence-electron chi connectivity index (χ2n) is 5.85. The van der Waals surface area contributed by atoms with E-state index in [1.165, 1.54) is 7.11 Å². The molecule has 2 N–H and O–H groups in total. The number of hydrogen-bond donors (Lipinski definition) is 2. The predicted molar refractivity (Wildman–Crippen MR) is 109 cm³/mol. The summed E-state index contributed by atoms with van der Waals surface area (Å²) in [7, 11) is 1.53. The van der Waals surface area contributed by atoms with Gasteiger partial charge in [0.05, 0.1) is 7.11 Å². The van der Waals surface area contributed by atoms with Crippen molar-refractivity contribution in [2.45, 2.75) is 19.3 Å². The molecule has 2 rings (SSSR count). The van der Waals surface area contributed by atoms with Gasteiger partial charge in [-0.2, -0.15) is 0 Å². The van der Waals surface area contributed by atoms with Crippen molar-refractivity contribution in [2.24, 2.45) is 0 Å². The van der Waals surface area contributed by atoms with E-state index >= 15 is 0 Å². The Kier molecular flexibility index (Phi) is 8.48. The first-order valence-electron chi connectivity index (χ1n) is 8.61. The lowest BCUT2D eigenvalue weighted by Crippen LogP contribution is -2.21. The molecule has 0 saturated carbocycles. The number of nitrogens with one attached hydrogen (secondary N) is 2. The van der Waals surface area contributed by atoms with Crippen molar-refractivity contribution >= 4 is 45.1 Å². The van der Waals surface area contributed by atoms with Crippen molar-refractivity contribution < 1.29 is 23.9 Å². The van der Waals surface area contributed by atoms with Crippen molar-refractivity contribution in [1.82, 2.24) is 0 Å². The van der Waals surface area contributed by atoms with Crippen LogP contribution in [0.25, 0.3) is 0 Å². The highest BCUT2D eigenvalue weighted by Crippen LogP contribution is 2.17. The number of anilines is 2. The lowest BCUT2D eigenvalue weighted by atomic mass is 10.2. The van der Waals surface area contributed by atoms with E-state index in [1.807, 2.05) is 12.1 Å². The number of amides is 2. The minimum Gasteiger partial charge on any atom is -0.497 e. The molecule has 148 valence electrons. The average molecular weight is 449 g/mol. The standard InChI is InChI=1S/C20H21BrN2O5/c1-27-17-5-2-4-16(12-17)23-19(25)13-28-20(26)7-3-6-18(24)22-15-10-8-14(21)9-11-15/h2,4-5,8-12H,3,6-7,13H2,1H3,(H,22,24)(H,23,25). The summed E-state index contributed by atoms with van der Waals surface area (Å²) in [4.78, 5) is 35.4. The van der Waals surface area contributed by atoms with Crippen LogP contribution in [0.3, 0.4) is 0 Å². The Morgan fingerprint density at radius 3 is 2.36 bits per heavy atom. The van der Waals surface area contributed by atoms with Gasteiger partial charge in [-0.05, 0) is 42.8 Å². The molecule has 0 spiro atoms. The van der Waals surface area contributed by atoms with Gasteiger partial charge in [0.15, 0.2) is 6.61 Å². The summed E-state index contributed by atoms with van der Waals surface area (Å²) < 4.78 is 10.9. The largest absolute Gasteiger partial charge is 0.497 e. The van der Waals surface area contributed by atoms with Crippen LogP contribution in [-0.4, -0.2) is 31.5 Å². The highest BCUT2D eigenvalue weighted by molar-refractivity contribution is 9.10. The van der Waals surface area contributed by atoms with Gasteiger partial charge in [-0.3, -0.25) is 14.4 Å². The van der Waals surface area contributed by atoms with E-state index in [9.17, 15) is 14.4 Å². The first-order valence-corrected chi connectivity index (χ1v) is 9.40. The van der Waals surface area contributed by atoms with Gasteiger partial charge in [0, 0.05) is 34.8 Å². The van der Waals surface area contributed by atoms with Crippen LogP contribution in [0.4, 0.5) is 11.4 Å². The molecule has 0 unspecified atom stereocenters. The lowest BCUT2D eigenvalue weighted by Gasteiger charge is -2.08. The van der Waals surface area contributed by atoms with E-state index in [1.54, 1.807) is 36.4 Å². The fourth-order valence-electron chi connectivity index (χ4n) is 2.27. The zero-order valence-corrected chi connectivity index (χ0v) is 17.0. The summed E-state index contributed by atoms with van der Waals surface area (Å²) in [6.07, 6.45) is 0.570. The Labute approximate surface area is 171 Å². The first-order chi connectivity index (χ1) is 13.5. The summed E-state index contributed by atoms with van der Waals surface area (Å²) in [6, 6.07) is 14.0. The third-order valence-corrected chi connectivity index (χ3v) is 4.16. The molecule has 0 saturated heterocycles. The fraction of sp³-hybridized carbons (Fsp3) is 0.250. The Bertz CT molecular complexity index is 824. The number of hydrogen-bond acceptors (Lipinski definition) is 5. The van der Waals surface area contributed by atoms with Crippen LogP contribution in [0.5, 0.6) is 5.75 Å². The van der Waals surface area contributed by atoms with Crippen LogP contribution in [0.2, 0.25) is 0 Å². The number of carbonyl (C=O) groups excluding carboxylic acids is 3. The minimum absolute atomic E-state index is 0.0558. The van der Waals surface area contributed by atoms with Gasteiger partial charge in [-0.25, -0.2) is 0 Å². The Morgan fingerprint density at radius 2 is 1.64 bits per heavy atom. The van der Waals surface area contributed by atoms with Gasteiger partial charge in [0.25, 0.3) is 5.91 Å². The summed E-state index contributed by atoms with van der Waals surface area (Å²) in [6.45, 7) is -0.388. The number of halogens is 1. The van der Waals surface area contributed by atoms with Gasteiger partial charge < -0.3 is 20.1 Å². The van der Waals surface area contributed by atoms with E-state index in [0.717, 1.165) is 4.47 Å². The maximum absolute atomic E-state index is 11.9. The summed E-state index contributed by atoms with van der Waals surface area (Å²) in [5, 5.41) is 5.36. The van der Waals surface area contributed by atoms with E-state index in [0.29, 0.717) is 23.5 Å². The molecule has 0 atom stereocenters. The van der Waals surface area contributed by atoms with E-state index in [4.69, 9.17) is 9.47 Å². The van der Waals surface area contributed by atoms with Crippen LogP contribution < -0.4 is 15.4 Å². The number of methoxy groups -OCH3 is 1. The quantitative estimate of drug-likeness (QED) is 0.569. The zero-order valence-electron chi connectivity index (χ0n) is 15.4.